The highest BCUT2D eigenvalue weighted by molar-refractivity contribution is 9.11. The number of hydrogen-bond donors (Lipinski definition) is 1. The lowest BCUT2D eigenvalue weighted by molar-refractivity contribution is 0.601. The molecule has 0 aliphatic rings. The van der Waals surface area contributed by atoms with Gasteiger partial charge in [-0.3, -0.25) is 9.52 Å². The van der Waals surface area contributed by atoms with Gasteiger partial charge in [-0.1, -0.05) is 39.4 Å². The average Bonchev–Trinajstić information content (AvgIpc) is 2.50. The van der Waals surface area contributed by atoms with Gasteiger partial charge < -0.3 is 0 Å². The molecule has 3 rings (SSSR count). The molecule has 1 N–H and O–H groups in total. The van der Waals surface area contributed by atoms with Crippen LogP contribution >= 0.6 is 43.2 Å². The lowest BCUT2D eigenvalue weighted by Crippen LogP contribution is -2.19. The summed E-state index contributed by atoms with van der Waals surface area (Å²) < 4.78 is 29.3. The molecule has 0 aliphatic heterocycles. The van der Waals surface area contributed by atoms with E-state index in [1.54, 1.807) is 36.4 Å². The van der Waals surface area contributed by atoms with Gasteiger partial charge in [0.15, 0.2) is 0 Å². The Labute approximate surface area is 153 Å². The molecule has 0 bridgehead atoms. The molecule has 1 heterocycles. The molecule has 23 heavy (non-hydrogen) atoms. The van der Waals surface area contributed by atoms with Crippen LogP contribution in [-0.4, -0.2) is 8.42 Å². The largest absolute Gasteiger partial charge is 0.279 e. The van der Waals surface area contributed by atoms with Crippen molar-refractivity contribution in [1.82, 2.24) is 0 Å². The Morgan fingerprint density at radius 2 is 1.70 bits per heavy atom. The van der Waals surface area contributed by atoms with Gasteiger partial charge in [-0.25, -0.2) is 8.42 Å². The first kappa shape index (κ1) is 16.6. The SMILES string of the molecule is O=c1sc2c(Br)cccc2cc1S(=O)(=O)Nc1ccc(Br)cc1. The third-order valence-corrected chi connectivity index (χ3v) is 7.10. The monoisotopic (exact) mass is 473 g/mol. The van der Waals surface area contributed by atoms with Crippen molar-refractivity contribution in [3.05, 3.63) is 67.0 Å². The van der Waals surface area contributed by atoms with Crippen LogP contribution < -0.4 is 9.46 Å². The van der Waals surface area contributed by atoms with Gasteiger partial charge in [0.1, 0.15) is 4.90 Å². The Morgan fingerprint density at radius 1 is 1.00 bits per heavy atom. The summed E-state index contributed by atoms with van der Waals surface area (Å²) in [6.45, 7) is 0. The third-order valence-electron chi connectivity index (χ3n) is 3.07. The van der Waals surface area contributed by atoms with E-state index >= 15 is 0 Å². The highest BCUT2D eigenvalue weighted by atomic mass is 79.9. The van der Waals surface area contributed by atoms with E-state index in [1.165, 1.54) is 6.07 Å². The van der Waals surface area contributed by atoms with E-state index < -0.39 is 14.8 Å². The molecule has 0 radical (unpaired) electrons. The van der Waals surface area contributed by atoms with Gasteiger partial charge in [-0.15, -0.1) is 0 Å². The van der Waals surface area contributed by atoms with E-state index in [0.717, 1.165) is 25.0 Å². The number of benzene rings is 2. The normalized spacial score (nSPS) is 11.6. The zero-order valence-corrected chi connectivity index (χ0v) is 16.2. The molecule has 4 nitrogen and oxygen atoms in total. The molecule has 0 fully saturated rings. The van der Waals surface area contributed by atoms with Crippen LogP contribution in [0.2, 0.25) is 0 Å². The van der Waals surface area contributed by atoms with Crippen molar-refractivity contribution in [3.8, 4) is 0 Å². The molecule has 0 unspecified atom stereocenters. The molecule has 8 heteroatoms. The number of hydrogen-bond acceptors (Lipinski definition) is 4. The van der Waals surface area contributed by atoms with Crippen LogP contribution in [0.4, 0.5) is 5.69 Å². The van der Waals surface area contributed by atoms with Gasteiger partial charge in [0.05, 0.1) is 4.70 Å². The first-order valence-corrected chi connectivity index (χ1v) is 10.3. The summed E-state index contributed by atoms with van der Waals surface area (Å²) in [5, 5.41) is 0.695. The Hall–Kier alpha value is -1.22. The second kappa shape index (κ2) is 6.35. The van der Waals surface area contributed by atoms with Crippen LogP contribution in [0.15, 0.2) is 67.2 Å². The second-order valence-corrected chi connectivity index (χ2v) is 9.07. The molecule has 3 aromatic rings. The zero-order chi connectivity index (χ0) is 16.6. The van der Waals surface area contributed by atoms with E-state index in [1.807, 2.05) is 6.07 Å². The van der Waals surface area contributed by atoms with Gasteiger partial charge in [-0.05, 0) is 57.7 Å². The summed E-state index contributed by atoms with van der Waals surface area (Å²) in [7, 11) is -3.94. The van der Waals surface area contributed by atoms with Gasteiger partial charge >= 0.3 is 0 Å². The Morgan fingerprint density at radius 3 is 2.39 bits per heavy atom. The standard InChI is InChI=1S/C15H9Br2NO3S2/c16-10-4-6-11(7-5-10)18-23(20,21)13-8-9-2-1-3-12(17)14(9)22-15(13)19/h1-8,18H. The highest BCUT2D eigenvalue weighted by Crippen LogP contribution is 2.28. The van der Waals surface area contributed by atoms with E-state index in [4.69, 9.17) is 0 Å². The fourth-order valence-corrected chi connectivity index (χ4v) is 5.16. The van der Waals surface area contributed by atoms with Gasteiger partial charge in [0.25, 0.3) is 14.8 Å². The predicted octanol–water partition coefficient (Wildman–Crippen LogP) is 4.59. The maximum atomic E-state index is 12.5. The first-order valence-electron chi connectivity index (χ1n) is 6.37. The minimum absolute atomic E-state index is 0.254. The molecule has 1 aromatic heterocycles. The minimum Gasteiger partial charge on any atom is -0.279 e. The molecule has 0 saturated heterocycles. The summed E-state index contributed by atoms with van der Waals surface area (Å²) >= 11 is 7.56. The number of sulfonamides is 1. The van der Waals surface area contributed by atoms with Crippen LogP contribution in [0.1, 0.15) is 0 Å². The summed E-state index contributed by atoms with van der Waals surface area (Å²) in [5.41, 5.74) is 0.395. The fraction of sp³-hybridized carbons (Fsp3) is 0. The second-order valence-electron chi connectivity index (χ2n) is 4.67. The molecule has 0 atom stereocenters. The molecule has 0 aliphatic carbocycles. The van der Waals surface area contributed by atoms with Gasteiger partial charge in [0, 0.05) is 14.6 Å². The van der Waals surface area contributed by atoms with E-state index in [-0.39, 0.29) is 4.90 Å². The fourth-order valence-electron chi connectivity index (χ4n) is 2.01. The number of rotatable bonds is 3. The zero-order valence-electron chi connectivity index (χ0n) is 11.4. The number of nitrogens with one attached hydrogen (secondary N) is 1. The number of halogens is 2. The van der Waals surface area contributed by atoms with Gasteiger partial charge in [0.2, 0.25) is 0 Å². The lowest BCUT2D eigenvalue weighted by Gasteiger charge is -2.08. The summed E-state index contributed by atoms with van der Waals surface area (Å²) in [6.07, 6.45) is 0. The predicted molar refractivity (Wildman–Crippen MR) is 101 cm³/mol. The summed E-state index contributed by atoms with van der Waals surface area (Å²) in [4.78, 5) is 12.0. The molecule has 0 saturated carbocycles. The van der Waals surface area contributed by atoms with E-state index in [0.29, 0.717) is 11.1 Å². The molecule has 118 valence electrons. The van der Waals surface area contributed by atoms with Crippen LogP contribution in [0.5, 0.6) is 0 Å². The van der Waals surface area contributed by atoms with Crippen molar-refractivity contribution >= 4 is 69.0 Å². The summed E-state index contributed by atoms with van der Waals surface area (Å²) in [6, 6.07) is 13.5. The molecule has 2 aromatic carbocycles. The summed E-state index contributed by atoms with van der Waals surface area (Å²) in [5.74, 6) is 0. The van der Waals surface area contributed by atoms with Crippen molar-refractivity contribution < 1.29 is 8.42 Å². The van der Waals surface area contributed by atoms with Crippen LogP contribution in [0.25, 0.3) is 10.1 Å². The maximum Gasteiger partial charge on any atom is 0.266 e. The number of fused-ring (bicyclic) bond motifs is 1. The maximum absolute atomic E-state index is 12.5. The Kier molecular flexibility index (Phi) is 4.59. The molecular weight excluding hydrogens is 466 g/mol. The van der Waals surface area contributed by atoms with E-state index in [9.17, 15) is 13.2 Å². The van der Waals surface area contributed by atoms with Crippen molar-refractivity contribution in [3.63, 3.8) is 0 Å². The molecule has 0 amide bonds. The Bertz CT molecular complexity index is 1040. The smallest absolute Gasteiger partial charge is 0.266 e. The lowest BCUT2D eigenvalue weighted by atomic mass is 10.2. The number of anilines is 1. The van der Waals surface area contributed by atoms with Crippen molar-refractivity contribution in [2.75, 3.05) is 4.72 Å². The van der Waals surface area contributed by atoms with Crippen molar-refractivity contribution in [2.45, 2.75) is 4.90 Å². The third kappa shape index (κ3) is 3.50. The van der Waals surface area contributed by atoms with Crippen LogP contribution in [0, 0.1) is 0 Å². The first-order chi connectivity index (χ1) is 10.9. The molecular formula is C15H9Br2NO3S2. The minimum atomic E-state index is -3.94. The van der Waals surface area contributed by atoms with Crippen molar-refractivity contribution in [2.24, 2.45) is 0 Å². The quantitative estimate of drug-likeness (QED) is 0.603. The Balaban J connectivity index is 2.09. The van der Waals surface area contributed by atoms with Crippen LogP contribution in [0.3, 0.4) is 0 Å². The van der Waals surface area contributed by atoms with E-state index in [2.05, 4.69) is 36.6 Å². The highest BCUT2D eigenvalue weighted by Gasteiger charge is 2.20. The average molecular weight is 475 g/mol. The van der Waals surface area contributed by atoms with Crippen LogP contribution in [-0.2, 0) is 10.0 Å². The van der Waals surface area contributed by atoms with Gasteiger partial charge in [-0.2, -0.15) is 0 Å². The van der Waals surface area contributed by atoms with Crippen molar-refractivity contribution in [1.29, 1.82) is 0 Å². The molecule has 0 spiro atoms. The topological polar surface area (TPSA) is 63.2 Å².